The predicted molar refractivity (Wildman–Crippen MR) is 72.2 cm³/mol. The predicted octanol–water partition coefficient (Wildman–Crippen LogP) is 1.11. The highest BCUT2D eigenvalue weighted by Crippen LogP contribution is 2.28. The van der Waals surface area contributed by atoms with Gasteiger partial charge in [-0.15, -0.1) is 0 Å². The number of phenolic OH excluding ortho intramolecular Hbond substituents is 1. The zero-order valence-corrected chi connectivity index (χ0v) is 11.3. The Kier molecular flexibility index (Phi) is 4.27. The maximum atomic E-state index is 11.8. The minimum atomic E-state index is -0.0511. The maximum Gasteiger partial charge on any atom is 0.237 e. The second kappa shape index (κ2) is 5.93. The monoisotopic (exact) mass is 264 g/mol. The molecule has 0 spiro atoms. The molecule has 2 N–H and O–H groups in total. The molecule has 19 heavy (non-hydrogen) atoms. The second-order valence-corrected chi connectivity index (χ2v) is 4.75. The first-order valence-corrected chi connectivity index (χ1v) is 6.47. The van der Waals surface area contributed by atoms with Crippen LogP contribution in [-0.2, 0) is 11.3 Å². The fourth-order valence-corrected chi connectivity index (χ4v) is 2.53. The van der Waals surface area contributed by atoms with E-state index >= 15 is 0 Å². The molecule has 1 amide bonds. The number of amides is 1. The number of carbonyl (C=O) groups excluding carboxylic acids is 1. The number of rotatable bonds is 4. The number of phenols is 1. The summed E-state index contributed by atoms with van der Waals surface area (Å²) in [5.41, 5.74) is 1.03. The summed E-state index contributed by atoms with van der Waals surface area (Å²) in [5, 5.41) is 12.3. The Morgan fingerprint density at radius 2 is 2.37 bits per heavy atom. The fraction of sp³-hybridized carbons (Fsp3) is 0.500. The summed E-state index contributed by atoms with van der Waals surface area (Å²) >= 11 is 0. The third kappa shape index (κ3) is 2.98. The van der Waals surface area contributed by atoms with Gasteiger partial charge in [0.15, 0.2) is 11.5 Å². The summed E-state index contributed by atoms with van der Waals surface area (Å²) < 4.78 is 5.10. The number of methoxy groups -OCH3 is 1. The van der Waals surface area contributed by atoms with Crippen molar-refractivity contribution in [3.05, 3.63) is 23.8 Å². The summed E-state index contributed by atoms with van der Waals surface area (Å²) in [6.45, 7) is 1.61. The van der Waals surface area contributed by atoms with Gasteiger partial charge < -0.3 is 15.2 Å². The van der Waals surface area contributed by atoms with Gasteiger partial charge in [0.25, 0.3) is 0 Å². The highest BCUT2D eigenvalue weighted by Gasteiger charge is 2.29. The van der Waals surface area contributed by atoms with E-state index in [4.69, 9.17) is 4.74 Å². The largest absolute Gasteiger partial charge is 0.504 e. The quantitative estimate of drug-likeness (QED) is 0.855. The van der Waals surface area contributed by atoms with Crippen molar-refractivity contribution in [3.8, 4) is 11.5 Å². The van der Waals surface area contributed by atoms with Crippen LogP contribution in [0.1, 0.15) is 18.4 Å². The second-order valence-electron chi connectivity index (χ2n) is 4.75. The Morgan fingerprint density at radius 3 is 3.05 bits per heavy atom. The van der Waals surface area contributed by atoms with Gasteiger partial charge in [0.1, 0.15) is 0 Å². The molecular formula is C14H20N2O3. The third-order valence-electron chi connectivity index (χ3n) is 3.54. The van der Waals surface area contributed by atoms with Crippen LogP contribution in [0, 0.1) is 0 Å². The number of likely N-dealkylation sites (tertiary alicyclic amines) is 1. The number of nitrogens with zero attached hydrogens (tertiary/aromatic N) is 1. The molecule has 0 aromatic heterocycles. The smallest absolute Gasteiger partial charge is 0.237 e. The number of benzene rings is 1. The fourth-order valence-electron chi connectivity index (χ4n) is 2.53. The lowest BCUT2D eigenvalue weighted by molar-refractivity contribution is -0.125. The molecule has 5 heteroatoms. The molecule has 0 bridgehead atoms. The van der Waals surface area contributed by atoms with Crippen molar-refractivity contribution < 1.29 is 14.6 Å². The molecule has 1 unspecified atom stereocenters. The number of likely N-dealkylation sites (N-methyl/N-ethyl adjacent to an activating group) is 1. The number of nitrogens with one attached hydrogen (secondary N) is 1. The van der Waals surface area contributed by atoms with Crippen LogP contribution in [0.25, 0.3) is 0 Å². The number of hydrogen-bond acceptors (Lipinski definition) is 4. The lowest BCUT2D eigenvalue weighted by Gasteiger charge is -2.23. The Morgan fingerprint density at radius 1 is 1.58 bits per heavy atom. The van der Waals surface area contributed by atoms with E-state index in [2.05, 4.69) is 10.2 Å². The van der Waals surface area contributed by atoms with Gasteiger partial charge in [0.05, 0.1) is 13.2 Å². The molecule has 1 aliphatic rings. The van der Waals surface area contributed by atoms with Crippen LogP contribution in [0.5, 0.6) is 11.5 Å². The van der Waals surface area contributed by atoms with Gasteiger partial charge in [0.2, 0.25) is 5.91 Å². The topological polar surface area (TPSA) is 61.8 Å². The van der Waals surface area contributed by atoms with E-state index in [1.54, 1.807) is 13.1 Å². The summed E-state index contributed by atoms with van der Waals surface area (Å²) in [7, 11) is 3.20. The van der Waals surface area contributed by atoms with Crippen molar-refractivity contribution in [1.82, 2.24) is 10.2 Å². The van der Waals surface area contributed by atoms with E-state index in [0.29, 0.717) is 12.3 Å². The van der Waals surface area contributed by atoms with Crippen LogP contribution in [0.3, 0.4) is 0 Å². The van der Waals surface area contributed by atoms with Crippen molar-refractivity contribution in [1.29, 1.82) is 0 Å². The minimum Gasteiger partial charge on any atom is -0.504 e. The molecule has 104 valence electrons. The van der Waals surface area contributed by atoms with Gasteiger partial charge in [0, 0.05) is 13.6 Å². The molecule has 0 radical (unpaired) electrons. The highest BCUT2D eigenvalue weighted by molar-refractivity contribution is 5.81. The first-order chi connectivity index (χ1) is 9.15. The van der Waals surface area contributed by atoms with E-state index < -0.39 is 0 Å². The van der Waals surface area contributed by atoms with Crippen LogP contribution < -0.4 is 10.1 Å². The average molecular weight is 264 g/mol. The van der Waals surface area contributed by atoms with Crippen molar-refractivity contribution in [3.63, 3.8) is 0 Å². The number of hydrogen-bond donors (Lipinski definition) is 2. The van der Waals surface area contributed by atoms with Crippen LogP contribution in [0.4, 0.5) is 0 Å². The molecule has 5 nitrogen and oxygen atoms in total. The average Bonchev–Trinajstić information content (AvgIpc) is 2.88. The van der Waals surface area contributed by atoms with E-state index in [-0.39, 0.29) is 17.7 Å². The van der Waals surface area contributed by atoms with Gasteiger partial charge in [-0.3, -0.25) is 9.69 Å². The first kappa shape index (κ1) is 13.7. The van der Waals surface area contributed by atoms with Crippen molar-refractivity contribution in [2.75, 3.05) is 20.7 Å². The normalized spacial score (nSPS) is 19.4. The Hall–Kier alpha value is -1.75. The SMILES string of the molecule is CNC(=O)C1CCCN1Cc1ccc(O)c(OC)c1. The molecule has 1 aromatic carbocycles. The molecule has 1 atom stereocenters. The van der Waals surface area contributed by atoms with Gasteiger partial charge >= 0.3 is 0 Å². The van der Waals surface area contributed by atoms with Crippen molar-refractivity contribution >= 4 is 5.91 Å². The Balaban J connectivity index is 2.10. The summed E-state index contributed by atoms with van der Waals surface area (Å²) in [6, 6.07) is 5.25. The van der Waals surface area contributed by atoms with Gasteiger partial charge in [-0.05, 0) is 37.1 Å². The van der Waals surface area contributed by atoms with Crippen LogP contribution in [0.15, 0.2) is 18.2 Å². The summed E-state index contributed by atoms with van der Waals surface area (Å²) in [6.07, 6.45) is 1.93. The molecule has 1 aliphatic heterocycles. The summed E-state index contributed by atoms with van der Waals surface area (Å²) in [4.78, 5) is 13.9. The number of ether oxygens (including phenoxy) is 1. The number of aromatic hydroxyl groups is 1. The lowest BCUT2D eigenvalue weighted by atomic mass is 10.1. The van der Waals surface area contributed by atoms with Crippen LogP contribution in [-0.4, -0.2) is 42.7 Å². The van der Waals surface area contributed by atoms with E-state index in [1.807, 2.05) is 12.1 Å². The molecule has 1 aromatic rings. The van der Waals surface area contributed by atoms with Gasteiger partial charge in [-0.2, -0.15) is 0 Å². The summed E-state index contributed by atoms with van der Waals surface area (Å²) in [5.74, 6) is 0.673. The number of carbonyl (C=O) groups is 1. The highest BCUT2D eigenvalue weighted by atomic mass is 16.5. The van der Waals surface area contributed by atoms with Crippen molar-refractivity contribution in [2.45, 2.75) is 25.4 Å². The molecular weight excluding hydrogens is 244 g/mol. The Bertz CT molecular complexity index is 462. The molecule has 0 saturated carbocycles. The van der Waals surface area contributed by atoms with Crippen LogP contribution >= 0.6 is 0 Å². The van der Waals surface area contributed by atoms with Crippen LogP contribution in [0.2, 0.25) is 0 Å². The minimum absolute atomic E-state index is 0.0511. The molecule has 2 rings (SSSR count). The van der Waals surface area contributed by atoms with E-state index in [9.17, 15) is 9.90 Å². The third-order valence-corrected chi connectivity index (χ3v) is 3.54. The molecule has 1 fully saturated rings. The lowest BCUT2D eigenvalue weighted by Crippen LogP contribution is -2.41. The maximum absolute atomic E-state index is 11.8. The molecule has 1 heterocycles. The zero-order valence-electron chi connectivity index (χ0n) is 11.3. The van der Waals surface area contributed by atoms with Crippen molar-refractivity contribution in [2.24, 2.45) is 0 Å². The van der Waals surface area contributed by atoms with E-state index in [1.165, 1.54) is 7.11 Å². The van der Waals surface area contributed by atoms with Gasteiger partial charge in [-0.1, -0.05) is 6.07 Å². The van der Waals surface area contributed by atoms with E-state index in [0.717, 1.165) is 24.9 Å². The van der Waals surface area contributed by atoms with Gasteiger partial charge in [-0.25, -0.2) is 0 Å². The standard InChI is InChI=1S/C14H20N2O3/c1-15-14(18)11-4-3-7-16(11)9-10-5-6-12(17)13(8-10)19-2/h5-6,8,11,17H,3-4,7,9H2,1-2H3,(H,15,18). The Labute approximate surface area is 113 Å². The first-order valence-electron chi connectivity index (χ1n) is 6.47. The molecule has 1 saturated heterocycles. The molecule has 0 aliphatic carbocycles. The zero-order chi connectivity index (χ0) is 13.8.